The second-order valence-corrected chi connectivity index (χ2v) is 5.38. The van der Waals surface area contributed by atoms with E-state index in [1.54, 1.807) is 0 Å². The Morgan fingerprint density at radius 3 is 2.74 bits per heavy atom. The van der Waals surface area contributed by atoms with Crippen molar-refractivity contribution in [3.05, 3.63) is 45.1 Å². The Morgan fingerprint density at radius 1 is 1.26 bits per heavy atom. The second kappa shape index (κ2) is 4.24. The average Bonchev–Trinajstić information content (AvgIpc) is 2.81. The maximum absolute atomic E-state index is 12.0. The van der Waals surface area contributed by atoms with Gasteiger partial charge in [-0.3, -0.25) is 9.36 Å². The monoisotopic (exact) mass is 276 g/mol. The van der Waals surface area contributed by atoms with Gasteiger partial charge in [-0.05, 0) is 12.5 Å². The molecule has 3 aromatic rings. The van der Waals surface area contributed by atoms with E-state index in [-0.39, 0.29) is 4.73 Å². The van der Waals surface area contributed by atoms with E-state index in [2.05, 4.69) is 0 Å². The first-order valence-corrected chi connectivity index (χ1v) is 6.83. The fourth-order valence-electron chi connectivity index (χ4n) is 2.27. The smallest absolute Gasteiger partial charge is 0.365 e. The maximum atomic E-state index is 12.0. The molecule has 0 fully saturated rings. The highest BCUT2D eigenvalue weighted by Crippen LogP contribution is 2.30. The van der Waals surface area contributed by atoms with Crippen LogP contribution in [0.1, 0.15) is 13.3 Å². The van der Waals surface area contributed by atoms with Crippen LogP contribution in [0.25, 0.3) is 20.3 Å². The molecule has 0 bridgehead atoms. The molecular formula is C13H12N2O3S. The van der Waals surface area contributed by atoms with Gasteiger partial charge in [0.2, 0.25) is 0 Å². The Morgan fingerprint density at radius 2 is 2.00 bits per heavy atom. The van der Waals surface area contributed by atoms with E-state index in [9.17, 15) is 14.8 Å². The summed E-state index contributed by atoms with van der Waals surface area (Å²) in [4.78, 5) is 24.0. The molecule has 1 aromatic carbocycles. The standard InChI is InChI=1S/C13H12N2O3S/c1-2-7-14-10-8-5-3-4-6-9(8)19-11(10)12(16)15(18)13(14)17/h3-6,18H,2,7H2,1H3. The zero-order valence-corrected chi connectivity index (χ0v) is 11.1. The molecule has 1 N–H and O–H groups in total. The van der Waals surface area contributed by atoms with Crippen LogP contribution in [-0.2, 0) is 6.54 Å². The first-order chi connectivity index (χ1) is 9.15. The molecule has 98 valence electrons. The normalized spacial score (nSPS) is 11.4. The highest BCUT2D eigenvalue weighted by molar-refractivity contribution is 7.25. The lowest BCUT2D eigenvalue weighted by molar-refractivity contribution is 0.157. The van der Waals surface area contributed by atoms with Gasteiger partial charge >= 0.3 is 11.2 Å². The van der Waals surface area contributed by atoms with E-state index in [1.165, 1.54) is 15.9 Å². The summed E-state index contributed by atoms with van der Waals surface area (Å²) in [6.07, 6.45) is 0.747. The van der Waals surface area contributed by atoms with Crippen LogP contribution < -0.4 is 11.2 Å². The quantitative estimate of drug-likeness (QED) is 0.728. The molecule has 0 spiro atoms. The minimum absolute atomic E-state index is 0.202. The van der Waals surface area contributed by atoms with E-state index < -0.39 is 11.2 Å². The maximum Gasteiger partial charge on any atom is 0.365 e. The minimum Gasteiger partial charge on any atom is -0.421 e. The summed E-state index contributed by atoms with van der Waals surface area (Å²) in [5, 5.41) is 10.5. The molecule has 0 saturated carbocycles. The number of hydrogen-bond acceptors (Lipinski definition) is 4. The SMILES string of the molecule is CCCn1c(=O)n(O)c(=O)c2sc3ccccc3c21. The predicted molar refractivity (Wildman–Crippen MR) is 75.3 cm³/mol. The van der Waals surface area contributed by atoms with Crippen molar-refractivity contribution in [1.82, 2.24) is 9.30 Å². The summed E-state index contributed by atoms with van der Waals surface area (Å²) in [7, 11) is 0. The van der Waals surface area contributed by atoms with Crippen molar-refractivity contribution < 1.29 is 5.21 Å². The number of benzene rings is 1. The molecule has 0 aliphatic heterocycles. The summed E-state index contributed by atoms with van der Waals surface area (Å²) in [6.45, 7) is 2.41. The van der Waals surface area contributed by atoms with Gasteiger partial charge in [0.05, 0.1) is 5.52 Å². The zero-order chi connectivity index (χ0) is 13.6. The van der Waals surface area contributed by atoms with E-state index in [1.807, 2.05) is 31.2 Å². The molecule has 0 atom stereocenters. The Labute approximate surface area is 111 Å². The van der Waals surface area contributed by atoms with E-state index in [0.717, 1.165) is 16.5 Å². The van der Waals surface area contributed by atoms with E-state index >= 15 is 0 Å². The van der Waals surface area contributed by atoms with Crippen LogP contribution >= 0.6 is 11.3 Å². The Balaban J connectivity index is 2.64. The van der Waals surface area contributed by atoms with Crippen LogP contribution in [0.15, 0.2) is 33.9 Å². The first kappa shape index (κ1) is 12.0. The number of hydrogen-bond donors (Lipinski definition) is 1. The number of fused-ring (bicyclic) bond motifs is 3. The van der Waals surface area contributed by atoms with Gasteiger partial charge in [0.25, 0.3) is 0 Å². The molecule has 0 aliphatic carbocycles. The Kier molecular flexibility index (Phi) is 2.67. The van der Waals surface area contributed by atoms with Gasteiger partial charge in [-0.2, -0.15) is 0 Å². The third kappa shape index (κ3) is 1.60. The van der Waals surface area contributed by atoms with Gasteiger partial charge in [0.1, 0.15) is 4.70 Å². The summed E-state index contributed by atoms with van der Waals surface area (Å²) >= 11 is 1.30. The lowest BCUT2D eigenvalue weighted by Gasteiger charge is -2.07. The van der Waals surface area contributed by atoms with Crippen molar-refractivity contribution in [1.29, 1.82) is 0 Å². The minimum atomic E-state index is -0.678. The van der Waals surface area contributed by atoms with Crippen LogP contribution in [0.5, 0.6) is 0 Å². The van der Waals surface area contributed by atoms with Crippen molar-refractivity contribution in [2.45, 2.75) is 19.9 Å². The second-order valence-electron chi connectivity index (χ2n) is 4.33. The van der Waals surface area contributed by atoms with Crippen LogP contribution in [0, 0.1) is 0 Å². The van der Waals surface area contributed by atoms with Crippen molar-refractivity contribution in [3.8, 4) is 0 Å². The van der Waals surface area contributed by atoms with Gasteiger partial charge in [-0.1, -0.05) is 29.9 Å². The molecule has 0 saturated heterocycles. The number of thiophene rings is 1. The lowest BCUT2D eigenvalue weighted by Crippen LogP contribution is -2.38. The van der Waals surface area contributed by atoms with E-state index in [4.69, 9.17) is 0 Å². The molecule has 2 aromatic heterocycles. The average molecular weight is 276 g/mol. The molecule has 0 unspecified atom stereocenters. The molecule has 0 radical (unpaired) electrons. The molecule has 3 rings (SSSR count). The Hall–Kier alpha value is -2.08. The summed E-state index contributed by atoms with van der Waals surface area (Å²) in [5.74, 6) is 0. The van der Waals surface area contributed by atoms with Crippen LogP contribution in [-0.4, -0.2) is 14.5 Å². The van der Waals surface area contributed by atoms with Gasteiger partial charge in [-0.25, -0.2) is 4.79 Å². The topological polar surface area (TPSA) is 64.2 Å². The van der Waals surface area contributed by atoms with Crippen LogP contribution in [0.2, 0.25) is 0 Å². The largest absolute Gasteiger partial charge is 0.421 e. The number of aromatic nitrogens is 2. The van der Waals surface area contributed by atoms with Crippen molar-refractivity contribution in [3.63, 3.8) is 0 Å². The van der Waals surface area contributed by atoms with Gasteiger partial charge in [-0.15, -0.1) is 11.3 Å². The van der Waals surface area contributed by atoms with Crippen LogP contribution in [0.3, 0.4) is 0 Å². The van der Waals surface area contributed by atoms with Crippen molar-refractivity contribution >= 4 is 31.6 Å². The number of rotatable bonds is 2. The lowest BCUT2D eigenvalue weighted by atomic mass is 10.2. The van der Waals surface area contributed by atoms with Crippen molar-refractivity contribution in [2.75, 3.05) is 0 Å². The highest BCUT2D eigenvalue weighted by atomic mass is 32.1. The predicted octanol–water partition coefficient (Wildman–Crippen LogP) is 2.03. The van der Waals surface area contributed by atoms with Crippen molar-refractivity contribution in [2.24, 2.45) is 0 Å². The first-order valence-electron chi connectivity index (χ1n) is 6.01. The third-order valence-electron chi connectivity index (χ3n) is 3.09. The van der Waals surface area contributed by atoms with Gasteiger partial charge in [0, 0.05) is 16.6 Å². The number of nitrogens with zero attached hydrogens (tertiary/aromatic N) is 2. The number of aryl methyl sites for hydroxylation is 1. The molecular weight excluding hydrogens is 264 g/mol. The van der Waals surface area contributed by atoms with Crippen LogP contribution in [0.4, 0.5) is 0 Å². The summed E-state index contributed by atoms with van der Waals surface area (Å²) in [6, 6.07) is 7.56. The molecule has 6 heteroatoms. The molecule has 0 amide bonds. The molecule has 2 heterocycles. The van der Waals surface area contributed by atoms with E-state index in [0.29, 0.717) is 16.8 Å². The van der Waals surface area contributed by atoms with Gasteiger partial charge < -0.3 is 5.21 Å². The fraction of sp³-hybridized carbons (Fsp3) is 0.231. The Bertz CT molecular complexity index is 888. The fourth-order valence-corrected chi connectivity index (χ4v) is 3.40. The summed E-state index contributed by atoms with van der Waals surface area (Å²) in [5.41, 5.74) is -0.695. The zero-order valence-electron chi connectivity index (χ0n) is 10.3. The summed E-state index contributed by atoms with van der Waals surface area (Å²) < 4.78 is 3.02. The molecule has 5 nitrogen and oxygen atoms in total. The third-order valence-corrected chi connectivity index (χ3v) is 4.23. The molecule has 0 aliphatic rings. The molecule has 19 heavy (non-hydrogen) atoms. The van der Waals surface area contributed by atoms with Gasteiger partial charge in [0.15, 0.2) is 0 Å². The highest BCUT2D eigenvalue weighted by Gasteiger charge is 2.16.